The molecule has 0 aliphatic heterocycles. The highest BCUT2D eigenvalue weighted by Gasteiger charge is 2.16. The maximum absolute atomic E-state index is 6.23. The lowest BCUT2D eigenvalue weighted by molar-refractivity contribution is 0.207. The predicted octanol–water partition coefficient (Wildman–Crippen LogP) is 9.83. The molecule has 0 aliphatic rings. The van der Waals surface area contributed by atoms with Crippen LogP contribution in [0, 0.1) is 5.92 Å². The quantitative estimate of drug-likeness (QED) is 0.151. The second-order valence-corrected chi connectivity index (χ2v) is 10.6. The lowest BCUT2D eigenvalue weighted by Gasteiger charge is -2.19. The molecule has 2 unspecified atom stereocenters. The Balaban J connectivity index is 1.69. The van der Waals surface area contributed by atoms with Crippen LogP contribution in [-0.4, -0.2) is 34.0 Å². The Labute approximate surface area is 253 Å². The van der Waals surface area contributed by atoms with Gasteiger partial charge < -0.3 is 23.7 Å². The first-order valence-corrected chi connectivity index (χ1v) is 15.1. The fourth-order valence-electron chi connectivity index (χ4n) is 4.53. The van der Waals surface area contributed by atoms with Gasteiger partial charge in [0.1, 0.15) is 0 Å². The molecule has 0 heterocycles. The van der Waals surface area contributed by atoms with Gasteiger partial charge in [0.25, 0.3) is 0 Å². The normalized spacial score (nSPS) is 12.8. The zero-order valence-corrected chi connectivity index (χ0v) is 26.4. The highest BCUT2D eigenvalue weighted by molar-refractivity contribution is 5.75. The van der Waals surface area contributed by atoms with Gasteiger partial charge in [0.05, 0.1) is 34.0 Å². The predicted molar refractivity (Wildman–Crippen MR) is 176 cm³/mol. The van der Waals surface area contributed by atoms with Crippen molar-refractivity contribution in [1.82, 2.24) is 0 Å². The second kappa shape index (κ2) is 17.2. The van der Waals surface area contributed by atoms with Crippen molar-refractivity contribution in [2.75, 3.05) is 27.9 Å². The summed E-state index contributed by atoms with van der Waals surface area (Å²) in [6, 6.07) is 18.4. The molecule has 226 valence electrons. The van der Waals surface area contributed by atoms with Gasteiger partial charge in [0, 0.05) is 0 Å². The minimum absolute atomic E-state index is 0.143. The number of methoxy groups -OCH3 is 3. The first-order valence-electron chi connectivity index (χ1n) is 15.1. The van der Waals surface area contributed by atoms with E-state index in [1.165, 1.54) is 19.3 Å². The summed E-state index contributed by atoms with van der Waals surface area (Å²) in [7, 11) is 5.01. The van der Waals surface area contributed by atoms with E-state index in [1.807, 2.05) is 30.3 Å². The van der Waals surface area contributed by atoms with Crippen LogP contribution in [0.5, 0.6) is 28.7 Å². The van der Waals surface area contributed by atoms with Crippen molar-refractivity contribution >= 4 is 24.3 Å². The molecule has 2 atom stereocenters. The summed E-state index contributed by atoms with van der Waals surface area (Å²) in [5.74, 6) is 4.05. The Morgan fingerprint density at radius 1 is 0.619 bits per heavy atom. The largest absolute Gasteiger partial charge is 0.493 e. The van der Waals surface area contributed by atoms with Crippen LogP contribution >= 0.6 is 0 Å². The summed E-state index contributed by atoms with van der Waals surface area (Å²) < 4.78 is 29.1. The summed E-state index contributed by atoms with van der Waals surface area (Å²) in [5.41, 5.74) is 4.24. The molecule has 0 spiro atoms. The maximum Gasteiger partial charge on any atom is 0.203 e. The van der Waals surface area contributed by atoms with E-state index in [-0.39, 0.29) is 6.10 Å². The first kappa shape index (κ1) is 32.7. The van der Waals surface area contributed by atoms with Crippen molar-refractivity contribution in [2.45, 2.75) is 65.9 Å². The Hall–Kier alpha value is -3.86. The highest BCUT2D eigenvalue weighted by Crippen LogP contribution is 2.39. The van der Waals surface area contributed by atoms with Gasteiger partial charge in [0.2, 0.25) is 5.75 Å². The molecule has 3 rings (SSSR count). The van der Waals surface area contributed by atoms with Crippen LogP contribution in [0.2, 0.25) is 0 Å². The standard InChI is InChI=1S/C37H48O5/c1-8-11-12-28(10-3)26-41-37-35(39-6)24-32(25-36(37)40-7)20-18-30-15-13-29(14-16-30)17-19-31-21-22-33(34(23-31)38-5)42-27(4)9-2/h13-25,27-28H,8-12,26H2,1-7H3/b19-17+,20-18+. The van der Waals surface area contributed by atoms with Crippen molar-refractivity contribution < 1.29 is 23.7 Å². The number of benzene rings is 3. The third-order valence-electron chi connectivity index (χ3n) is 7.45. The van der Waals surface area contributed by atoms with Crippen molar-refractivity contribution in [1.29, 1.82) is 0 Å². The van der Waals surface area contributed by atoms with Gasteiger partial charge >= 0.3 is 0 Å². The van der Waals surface area contributed by atoms with E-state index in [0.717, 1.165) is 46.6 Å². The van der Waals surface area contributed by atoms with Gasteiger partial charge in [-0.05, 0) is 72.2 Å². The van der Waals surface area contributed by atoms with Gasteiger partial charge in [-0.3, -0.25) is 0 Å². The average molecular weight is 573 g/mol. The van der Waals surface area contributed by atoms with Crippen LogP contribution in [0.25, 0.3) is 24.3 Å². The third kappa shape index (κ3) is 9.61. The van der Waals surface area contributed by atoms with E-state index < -0.39 is 0 Å². The summed E-state index contributed by atoms with van der Waals surface area (Å²) in [5, 5.41) is 0. The summed E-state index contributed by atoms with van der Waals surface area (Å²) in [4.78, 5) is 0. The monoisotopic (exact) mass is 572 g/mol. The van der Waals surface area contributed by atoms with Crippen molar-refractivity contribution in [3.8, 4) is 28.7 Å². The Bertz CT molecular complexity index is 1270. The molecule has 42 heavy (non-hydrogen) atoms. The van der Waals surface area contributed by atoms with Gasteiger partial charge in [-0.1, -0.05) is 94.7 Å². The van der Waals surface area contributed by atoms with E-state index in [9.17, 15) is 0 Å². The topological polar surface area (TPSA) is 46.2 Å². The average Bonchev–Trinajstić information content (AvgIpc) is 3.03. The van der Waals surface area contributed by atoms with E-state index >= 15 is 0 Å². The zero-order valence-electron chi connectivity index (χ0n) is 26.4. The Morgan fingerprint density at radius 2 is 1.14 bits per heavy atom. The van der Waals surface area contributed by atoms with E-state index in [1.54, 1.807) is 21.3 Å². The fourth-order valence-corrected chi connectivity index (χ4v) is 4.53. The highest BCUT2D eigenvalue weighted by atomic mass is 16.5. The SMILES string of the molecule is CCCCC(CC)COc1c(OC)cc(/C=C/c2ccc(/C=C/c3ccc(OC(C)CC)c(OC)c3)cc2)cc1OC. The molecule has 0 radical (unpaired) electrons. The van der Waals surface area contributed by atoms with Gasteiger partial charge in [-0.2, -0.15) is 0 Å². The molecule has 3 aromatic rings. The number of unbranched alkanes of at least 4 members (excludes halogenated alkanes) is 1. The van der Waals surface area contributed by atoms with Crippen molar-refractivity contribution in [3.63, 3.8) is 0 Å². The molecule has 5 heteroatoms. The minimum Gasteiger partial charge on any atom is -0.493 e. The molecule has 0 N–H and O–H groups in total. The lowest BCUT2D eigenvalue weighted by Crippen LogP contribution is -2.12. The minimum atomic E-state index is 0.143. The Morgan fingerprint density at radius 3 is 1.67 bits per heavy atom. The van der Waals surface area contributed by atoms with Gasteiger partial charge in [-0.15, -0.1) is 0 Å². The molecule has 0 amide bonds. The molecule has 0 aliphatic carbocycles. The molecule has 0 fully saturated rings. The van der Waals surface area contributed by atoms with E-state index in [2.05, 4.69) is 76.3 Å². The fraction of sp³-hybridized carbons (Fsp3) is 0.405. The van der Waals surface area contributed by atoms with Crippen molar-refractivity contribution in [2.24, 2.45) is 5.92 Å². The third-order valence-corrected chi connectivity index (χ3v) is 7.45. The molecule has 5 nitrogen and oxygen atoms in total. The van der Waals surface area contributed by atoms with Crippen LogP contribution in [0.4, 0.5) is 0 Å². The molecule has 0 saturated heterocycles. The maximum atomic E-state index is 6.23. The van der Waals surface area contributed by atoms with Crippen LogP contribution in [0.15, 0.2) is 54.6 Å². The number of hydrogen-bond donors (Lipinski definition) is 0. The van der Waals surface area contributed by atoms with Gasteiger partial charge in [-0.25, -0.2) is 0 Å². The Kier molecular flexibility index (Phi) is 13.4. The molecular formula is C37H48O5. The number of rotatable bonds is 17. The van der Waals surface area contributed by atoms with Gasteiger partial charge in [0.15, 0.2) is 23.0 Å². The lowest BCUT2D eigenvalue weighted by atomic mass is 10.0. The summed E-state index contributed by atoms with van der Waals surface area (Å²) >= 11 is 0. The van der Waals surface area contributed by atoms with Crippen LogP contribution in [0.1, 0.15) is 82.1 Å². The van der Waals surface area contributed by atoms with Crippen LogP contribution in [0.3, 0.4) is 0 Å². The summed E-state index contributed by atoms with van der Waals surface area (Å²) in [6.45, 7) is 9.26. The molecule has 0 bridgehead atoms. The van der Waals surface area contributed by atoms with E-state index in [4.69, 9.17) is 23.7 Å². The molecular weight excluding hydrogens is 524 g/mol. The summed E-state index contributed by atoms with van der Waals surface area (Å²) in [6.07, 6.45) is 14.1. The smallest absolute Gasteiger partial charge is 0.203 e. The van der Waals surface area contributed by atoms with Crippen LogP contribution < -0.4 is 23.7 Å². The number of hydrogen-bond acceptors (Lipinski definition) is 5. The number of ether oxygens (including phenoxy) is 5. The second-order valence-electron chi connectivity index (χ2n) is 10.6. The van der Waals surface area contributed by atoms with E-state index in [0.29, 0.717) is 29.8 Å². The van der Waals surface area contributed by atoms with Crippen molar-refractivity contribution in [3.05, 3.63) is 76.9 Å². The molecule has 3 aromatic carbocycles. The first-order chi connectivity index (χ1) is 20.4. The molecule has 0 saturated carbocycles. The zero-order chi connectivity index (χ0) is 30.3. The molecule has 0 aromatic heterocycles. The van der Waals surface area contributed by atoms with Crippen LogP contribution in [-0.2, 0) is 0 Å².